The fourth-order valence-corrected chi connectivity index (χ4v) is 5.58. The molecule has 0 fully saturated rings. The third-order valence-electron chi connectivity index (χ3n) is 7.65. The maximum absolute atomic E-state index is 4.70. The molecular weight excluding hydrogens is 452 g/mol. The molecule has 0 atom stereocenters. The molecule has 0 amide bonds. The molecule has 3 aromatic rings. The van der Waals surface area contributed by atoms with Gasteiger partial charge in [-0.25, -0.2) is 0 Å². The van der Waals surface area contributed by atoms with Crippen LogP contribution >= 0.6 is 0 Å². The van der Waals surface area contributed by atoms with Crippen molar-refractivity contribution >= 4 is 11.7 Å². The van der Waals surface area contributed by atoms with E-state index in [-0.39, 0.29) is 0 Å². The predicted octanol–water partition coefficient (Wildman–Crippen LogP) is 5.73. The number of nitrogens with zero attached hydrogens (tertiary/aromatic N) is 4. The minimum absolute atomic E-state index is 0.916. The summed E-state index contributed by atoms with van der Waals surface area (Å²) in [5, 5.41) is 0. The minimum atomic E-state index is 0.916. The van der Waals surface area contributed by atoms with Crippen LogP contribution in [0.3, 0.4) is 0 Å². The molecule has 0 spiro atoms. The van der Waals surface area contributed by atoms with Gasteiger partial charge in [0, 0.05) is 37.3 Å². The van der Waals surface area contributed by atoms with Crippen LogP contribution in [-0.4, -0.2) is 60.7 Å². The number of likely N-dealkylation sites (N-methyl/N-ethyl adjacent to an activating group) is 2. The molecule has 37 heavy (non-hydrogen) atoms. The lowest BCUT2D eigenvalue weighted by atomic mass is 9.96. The Morgan fingerprint density at radius 3 is 1.38 bits per heavy atom. The largest absolute Gasteiger partial charge is 0.355 e. The van der Waals surface area contributed by atoms with E-state index in [0.717, 1.165) is 76.6 Å². The van der Waals surface area contributed by atoms with Crippen LogP contribution in [0.1, 0.15) is 52.8 Å². The number of rotatable bonds is 10. The van der Waals surface area contributed by atoms with Crippen molar-refractivity contribution in [2.24, 2.45) is 9.98 Å². The molecule has 2 aliphatic rings. The van der Waals surface area contributed by atoms with Gasteiger partial charge >= 0.3 is 0 Å². The minimum Gasteiger partial charge on any atom is -0.355 e. The first-order chi connectivity index (χ1) is 18.1. The Morgan fingerprint density at radius 2 is 0.973 bits per heavy atom. The quantitative estimate of drug-likeness (QED) is 0.362. The van der Waals surface area contributed by atoms with Crippen molar-refractivity contribution < 1.29 is 0 Å². The first-order valence-electron chi connectivity index (χ1n) is 14.0. The van der Waals surface area contributed by atoms with Gasteiger partial charge < -0.3 is 9.80 Å². The van der Waals surface area contributed by atoms with E-state index in [1.165, 1.54) is 38.9 Å². The summed E-state index contributed by atoms with van der Waals surface area (Å²) in [6, 6.07) is 25.2. The summed E-state index contributed by atoms with van der Waals surface area (Å²) in [5.41, 5.74) is 9.50. The molecule has 0 aromatic heterocycles. The third kappa shape index (κ3) is 6.12. The van der Waals surface area contributed by atoms with Gasteiger partial charge in [-0.05, 0) is 68.7 Å². The van der Waals surface area contributed by atoms with Crippen LogP contribution in [0.2, 0.25) is 0 Å². The van der Waals surface area contributed by atoms with Crippen molar-refractivity contribution in [2.45, 2.75) is 46.5 Å². The molecule has 0 saturated carbocycles. The molecule has 0 N–H and O–H groups in total. The van der Waals surface area contributed by atoms with Crippen LogP contribution < -0.4 is 0 Å². The molecular formula is C33H40N4. The molecule has 5 rings (SSSR count). The molecule has 0 saturated heterocycles. The summed E-state index contributed by atoms with van der Waals surface area (Å²) in [4.78, 5) is 14.1. The Balaban J connectivity index is 1.17. The maximum Gasteiger partial charge on any atom is 0.131 e. The molecule has 4 nitrogen and oxygen atoms in total. The summed E-state index contributed by atoms with van der Waals surface area (Å²) in [6.07, 6.45) is 4.27. The lowest BCUT2D eigenvalue weighted by molar-refractivity contribution is 0.484. The van der Waals surface area contributed by atoms with Crippen molar-refractivity contribution in [3.63, 3.8) is 0 Å². The van der Waals surface area contributed by atoms with E-state index >= 15 is 0 Å². The standard InChI is InChI=1S/C33H40N4/c1-4-36-20-18-34-32(36)30-14-10-26(11-15-30)6-8-28-22-25(3)23-29(24-28)9-7-27-12-16-31(17-13-27)33-35-19-21-37(33)5-2/h10-17,22-24H,4-9,18-21H2,1-3H3. The molecule has 0 radical (unpaired) electrons. The van der Waals surface area contributed by atoms with E-state index in [4.69, 9.17) is 9.98 Å². The van der Waals surface area contributed by atoms with Crippen molar-refractivity contribution in [3.05, 3.63) is 106 Å². The molecule has 3 aromatic carbocycles. The van der Waals surface area contributed by atoms with Gasteiger partial charge in [-0.1, -0.05) is 72.3 Å². The van der Waals surface area contributed by atoms with Gasteiger partial charge in [0.2, 0.25) is 0 Å². The van der Waals surface area contributed by atoms with Gasteiger partial charge in [0.05, 0.1) is 13.1 Å². The number of aliphatic imine (C=N–C) groups is 2. The highest BCUT2D eigenvalue weighted by Crippen LogP contribution is 2.18. The Morgan fingerprint density at radius 1 is 0.568 bits per heavy atom. The predicted molar refractivity (Wildman–Crippen MR) is 156 cm³/mol. The number of hydrogen-bond donors (Lipinski definition) is 0. The highest BCUT2D eigenvalue weighted by Gasteiger charge is 2.17. The Labute approximate surface area is 222 Å². The zero-order valence-electron chi connectivity index (χ0n) is 22.7. The van der Waals surface area contributed by atoms with Gasteiger partial charge in [-0.3, -0.25) is 9.98 Å². The van der Waals surface area contributed by atoms with Crippen LogP contribution in [0.25, 0.3) is 0 Å². The van der Waals surface area contributed by atoms with Crippen LogP contribution in [-0.2, 0) is 25.7 Å². The van der Waals surface area contributed by atoms with Gasteiger partial charge in [0.15, 0.2) is 0 Å². The molecule has 4 heteroatoms. The summed E-state index contributed by atoms with van der Waals surface area (Å²) in [5.74, 6) is 2.31. The lowest BCUT2D eigenvalue weighted by Crippen LogP contribution is -2.27. The van der Waals surface area contributed by atoms with Crippen molar-refractivity contribution in [3.8, 4) is 0 Å². The second kappa shape index (κ2) is 11.8. The smallest absolute Gasteiger partial charge is 0.131 e. The summed E-state index contributed by atoms with van der Waals surface area (Å²) >= 11 is 0. The molecule has 0 unspecified atom stereocenters. The summed E-state index contributed by atoms with van der Waals surface area (Å²) in [6.45, 7) is 12.6. The molecule has 192 valence electrons. The van der Waals surface area contributed by atoms with Crippen LogP contribution in [0.4, 0.5) is 0 Å². The third-order valence-corrected chi connectivity index (χ3v) is 7.65. The van der Waals surface area contributed by atoms with E-state index in [9.17, 15) is 0 Å². The summed E-state index contributed by atoms with van der Waals surface area (Å²) < 4.78 is 0. The zero-order chi connectivity index (χ0) is 25.6. The van der Waals surface area contributed by atoms with Crippen molar-refractivity contribution in [2.75, 3.05) is 39.3 Å². The zero-order valence-corrected chi connectivity index (χ0v) is 22.7. The molecule has 0 aliphatic carbocycles. The first-order valence-corrected chi connectivity index (χ1v) is 14.0. The average Bonchev–Trinajstić information content (AvgIpc) is 3.61. The monoisotopic (exact) mass is 492 g/mol. The van der Waals surface area contributed by atoms with Gasteiger partial charge in [0.1, 0.15) is 11.7 Å². The summed E-state index contributed by atoms with van der Waals surface area (Å²) in [7, 11) is 0. The average molecular weight is 493 g/mol. The van der Waals surface area contributed by atoms with E-state index in [1.807, 2.05) is 0 Å². The first kappa shape index (κ1) is 25.3. The number of amidine groups is 2. The topological polar surface area (TPSA) is 31.2 Å². The fourth-order valence-electron chi connectivity index (χ4n) is 5.58. The normalized spacial score (nSPS) is 15.3. The van der Waals surface area contributed by atoms with E-state index < -0.39 is 0 Å². The number of aryl methyl sites for hydroxylation is 5. The number of benzene rings is 3. The second-order valence-corrected chi connectivity index (χ2v) is 10.3. The van der Waals surface area contributed by atoms with Crippen LogP contribution in [0.15, 0.2) is 76.7 Å². The van der Waals surface area contributed by atoms with E-state index in [0.29, 0.717) is 0 Å². The van der Waals surface area contributed by atoms with E-state index in [2.05, 4.69) is 97.3 Å². The Bertz CT molecular complexity index is 1160. The van der Waals surface area contributed by atoms with E-state index in [1.54, 1.807) is 0 Å². The van der Waals surface area contributed by atoms with Crippen LogP contribution in [0, 0.1) is 6.92 Å². The number of hydrogen-bond acceptors (Lipinski definition) is 4. The highest BCUT2D eigenvalue weighted by atomic mass is 15.2. The maximum atomic E-state index is 4.70. The lowest BCUT2D eigenvalue weighted by Gasteiger charge is -2.18. The van der Waals surface area contributed by atoms with Crippen LogP contribution in [0.5, 0.6) is 0 Å². The van der Waals surface area contributed by atoms with Gasteiger partial charge in [0.25, 0.3) is 0 Å². The molecule has 2 heterocycles. The Hall–Kier alpha value is -3.40. The fraction of sp³-hybridized carbons (Fsp3) is 0.394. The molecule has 0 bridgehead atoms. The van der Waals surface area contributed by atoms with Gasteiger partial charge in [-0.2, -0.15) is 0 Å². The van der Waals surface area contributed by atoms with Crippen molar-refractivity contribution in [1.82, 2.24) is 9.80 Å². The second-order valence-electron chi connectivity index (χ2n) is 10.3. The highest BCUT2D eigenvalue weighted by molar-refractivity contribution is 6.00. The SMILES string of the molecule is CCN1CCN=C1c1ccc(CCc2cc(C)cc(CCc3ccc(C4=NCCN4CC)cc3)c2)cc1. The molecule has 2 aliphatic heterocycles. The van der Waals surface area contributed by atoms with Gasteiger partial charge in [-0.15, -0.1) is 0 Å². The van der Waals surface area contributed by atoms with Crippen molar-refractivity contribution in [1.29, 1.82) is 0 Å². The Kier molecular flexibility index (Phi) is 8.03.